The Morgan fingerprint density at radius 3 is 2.50 bits per heavy atom. The standard InChI is InChI=1S/C16H22ClNO2/c1-3-11(2)14(19)10-18-15(20)16(8-9-16)12-4-6-13(17)7-5-12/h4-7,11,14,19H,3,8-10H2,1-2H3,(H,18,20). The number of benzene rings is 1. The second kappa shape index (κ2) is 6.15. The fraction of sp³-hybridized carbons (Fsp3) is 0.562. The molecule has 1 fully saturated rings. The maximum atomic E-state index is 12.4. The molecular weight excluding hydrogens is 274 g/mol. The molecule has 20 heavy (non-hydrogen) atoms. The van der Waals surface area contributed by atoms with Crippen LogP contribution in [0.1, 0.15) is 38.7 Å². The first-order chi connectivity index (χ1) is 9.49. The molecule has 110 valence electrons. The Kier molecular flexibility index (Phi) is 4.71. The molecule has 1 aromatic carbocycles. The number of hydrogen-bond donors (Lipinski definition) is 2. The summed E-state index contributed by atoms with van der Waals surface area (Å²) in [5, 5.41) is 13.5. The summed E-state index contributed by atoms with van der Waals surface area (Å²) < 4.78 is 0. The highest BCUT2D eigenvalue weighted by Gasteiger charge is 2.51. The van der Waals surface area contributed by atoms with Crippen molar-refractivity contribution < 1.29 is 9.90 Å². The minimum absolute atomic E-state index is 0.0159. The number of carbonyl (C=O) groups is 1. The number of hydrogen-bond acceptors (Lipinski definition) is 2. The van der Waals surface area contributed by atoms with Gasteiger partial charge in [0, 0.05) is 11.6 Å². The van der Waals surface area contributed by atoms with Gasteiger partial charge in [0.2, 0.25) is 5.91 Å². The third-order valence-electron chi connectivity index (χ3n) is 4.35. The minimum atomic E-state index is -0.482. The zero-order valence-electron chi connectivity index (χ0n) is 12.0. The lowest BCUT2D eigenvalue weighted by Crippen LogP contribution is -2.40. The lowest BCUT2D eigenvalue weighted by atomic mass is 9.94. The van der Waals surface area contributed by atoms with E-state index in [1.165, 1.54) is 0 Å². The molecule has 2 atom stereocenters. The van der Waals surface area contributed by atoms with E-state index in [1.807, 2.05) is 38.1 Å². The summed E-state index contributed by atoms with van der Waals surface area (Å²) in [5.74, 6) is 0.211. The van der Waals surface area contributed by atoms with Crippen LogP contribution in [0.2, 0.25) is 5.02 Å². The van der Waals surface area contributed by atoms with Crippen LogP contribution in [-0.4, -0.2) is 23.7 Å². The van der Waals surface area contributed by atoms with Crippen molar-refractivity contribution >= 4 is 17.5 Å². The van der Waals surface area contributed by atoms with Crippen molar-refractivity contribution in [3.63, 3.8) is 0 Å². The average Bonchev–Trinajstić information content (AvgIpc) is 3.25. The predicted octanol–water partition coefficient (Wildman–Crippen LogP) is 2.89. The van der Waals surface area contributed by atoms with Gasteiger partial charge in [-0.1, -0.05) is 44.0 Å². The van der Waals surface area contributed by atoms with Crippen molar-refractivity contribution in [1.29, 1.82) is 0 Å². The predicted molar refractivity (Wildman–Crippen MR) is 80.8 cm³/mol. The molecule has 3 nitrogen and oxygen atoms in total. The molecule has 1 saturated carbocycles. The van der Waals surface area contributed by atoms with E-state index >= 15 is 0 Å². The Morgan fingerprint density at radius 1 is 1.40 bits per heavy atom. The Morgan fingerprint density at radius 2 is 2.00 bits per heavy atom. The summed E-state index contributed by atoms with van der Waals surface area (Å²) in [5.41, 5.74) is 0.608. The van der Waals surface area contributed by atoms with E-state index in [-0.39, 0.29) is 11.8 Å². The number of rotatable bonds is 6. The van der Waals surface area contributed by atoms with Crippen LogP contribution in [0.15, 0.2) is 24.3 Å². The number of halogens is 1. The van der Waals surface area contributed by atoms with E-state index in [0.29, 0.717) is 11.6 Å². The number of amides is 1. The zero-order valence-corrected chi connectivity index (χ0v) is 12.8. The first-order valence-electron chi connectivity index (χ1n) is 7.22. The van der Waals surface area contributed by atoms with Crippen molar-refractivity contribution in [2.24, 2.45) is 5.92 Å². The number of aliphatic hydroxyl groups is 1. The van der Waals surface area contributed by atoms with Crippen LogP contribution >= 0.6 is 11.6 Å². The van der Waals surface area contributed by atoms with Gasteiger partial charge in [0.25, 0.3) is 0 Å². The van der Waals surface area contributed by atoms with Gasteiger partial charge in [0.05, 0.1) is 11.5 Å². The molecule has 4 heteroatoms. The largest absolute Gasteiger partial charge is 0.391 e. The molecule has 1 amide bonds. The monoisotopic (exact) mass is 295 g/mol. The maximum absolute atomic E-state index is 12.4. The molecule has 1 aromatic rings. The van der Waals surface area contributed by atoms with Gasteiger partial charge in [-0.05, 0) is 36.5 Å². The molecule has 0 aromatic heterocycles. The smallest absolute Gasteiger partial charge is 0.230 e. The second-order valence-electron chi connectivity index (χ2n) is 5.75. The molecule has 1 aliphatic rings. The summed E-state index contributed by atoms with van der Waals surface area (Å²) in [6.45, 7) is 4.35. The van der Waals surface area contributed by atoms with E-state index < -0.39 is 11.5 Å². The molecule has 0 heterocycles. The number of aliphatic hydroxyl groups excluding tert-OH is 1. The van der Waals surface area contributed by atoms with Crippen LogP contribution in [0, 0.1) is 5.92 Å². The summed E-state index contributed by atoms with van der Waals surface area (Å²) in [6, 6.07) is 7.47. The Labute approximate surface area is 125 Å². The Hall–Kier alpha value is -1.06. The lowest BCUT2D eigenvalue weighted by molar-refractivity contribution is -0.124. The molecule has 2 N–H and O–H groups in total. The fourth-order valence-corrected chi connectivity index (χ4v) is 2.51. The molecule has 0 saturated heterocycles. The summed E-state index contributed by atoms with van der Waals surface area (Å²) in [6.07, 6.45) is 2.14. The normalized spacial score (nSPS) is 19.2. The first-order valence-corrected chi connectivity index (χ1v) is 7.60. The van der Waals surface area contributed by atoms with E-state index in [2.05, 4.69) is 5.32 Å². The molecule has 0 radical (unpaired) electrons. The van der Waals surface area contributed by atoms with Gasteiger partial charge in [0.1, 0.15) is 0 Å². The SMILES string of the molecule is CCC(C)C(O)CNC(=O)C1(c2ccc(Cl)cc2)CC1. The zero-order chi connectivity index (χ0) is 14.8. The minimum Gasteiger partial charge on any atom is -0.391 e. The van der Waals surface area contributed by atoms with Gasteiger partial charge >= 0.3 is 0 Å². The van der Waals surface area contributed by atoms with Gasteiger partial charge in [-0.2, -0.15) is 0 Å². The molecule has 1 aliphatic carbocycles. The Balaban J connectivity index is 1.97. The van der Waals surface area contributed by atoms with Crippen molar-refractivity contribution in [2.75, 3.05) is 6.54 Å². The summed E-state index contributed by atoms with van der Waals surface area (Å²) in [4.78, 5) is 12.4. The second-order valence-corrected chi connectivity index (χ2v) is 6.19. The van der Waals surface area contributed by atoms with Crippen LogP contribution in [0.5, 0.6) is 0 Å². The van der Waals surface area contributed by atoms with E-state index in [9.17, 15) is 9.90 Å². The highest BCUT2D eigenvalue weighted by atomic mass is 35.5. The molecule has 0 spiro atoms. The molecule has 0 bridgehead atoms. The van der Waals surface area contributed by atoms with Gasteiger partial charge in [-0.3, -0.25) is 4.79 Å². The molecule has 2 rings (SSSR count). The van der Waals surface area contributed by atoms with Crippen molar-refractivity contribution in [2.45, 2.75) is 44.6 Å². The third-order valence-corrected chi connectivity index (χ3v) is 4.61. The first kappa shape index (κ1) is 15.3. The van der Waals surface area contributed by atoms with Crippen LogP contribution in [0.25, 0.3) is 0 Å². The molecule has 0 aliphatic heterocycles. The number of carbonyl (C=O) groups excluding carboxylic acids is 1. The van der Waals surface area contributed by atoms with Crippen LogP contribution in [-0.2, 0) is 10.2 Å². The quantitative estimate of drug-likeness (QED) is 0.848. The van der Waals surface area contributed by atoms with Gasteiger partial charge in [-0.25, -0.2) is 0 Å². The highest BCUT2D eigenvalue weighted by Crippen LogP contribution is 2.48. The van der Waals surface area contributed by atoms with Gasteiger partial charge in [0.15, 0.2) is 0 Å². The fourth-order valence-electron chi connectivity index (χ4n) is 2.38. The maximum Gasteiger partial charge on any atom is 0.230 e. The molecule has 2 unspecified atom stereocenters. The number of nitrogens with one attached hydrogen (secondary N) is 1. The highest BCUT2D eigenvalue weighted by molar-refractivity contribution is 6.30. The average molecular weight is 296 g/mol. The van der Waals surface area contributed by atoms with Gasteiger partial charge < -0.3 is 10.4 Å². The van der Waals surface area contributed by atoms with Crippen molar-refractivity contribution in [3.05, 3.63) is 34.9 Å². The van der Waals surface area contributed by atoms with Crippen molar-refractivity contribution in [3.8, 4) is 0 Å². The van der Waals surface area contributed by atoms with Crippen LogP contribution in [0.4, 0.5) is 0 Å². The van der Waals surface area contributed by atoms with E-state index in [1.54, 1.807) is 0 Å². The topological polar surface area (TPSA) is 49.3 Å². The lowest BCUT2D eigenvalue weighted by Gasteiger charge is -2.20. The summed E-state index contributed by atoms with van der Waals surface area (Å²) >= 11 is 5.88. The van der Waals surface area contributed by atoms with E-state index in [0.717, 1.165) is 24.8 Å². The Bertz CT molecular complexity index is 468. The van der Waals surface area contributed by atoms with Crippen LogP contribution in [0.3, 0.4) is 0 Å². The van der Waals surface area contributed by atoms with Gasteiger partial charge in [-0.15, -0.1) is 0 Å². The van der Waals surface area contributed by atoms with E-state index in [4.69, 9.17) is 11.6 Å². The third kappa shape index (κ3) is 3.15. The summed E-state index contributed by atoms with van der Waals surface area (Å²) in [7, 11) is 0. The van der Waals surface area contributed by atoms with Crippen molar-refractivity contribution in [1.82, 2.24) is 5.32 Å². The molecular formula is C16H22ClNO2. The van der Waals surface area contributed by atoms with Crippen LogP contribution < -0.4 is 5.32 Å².